The average Bonchev–Trinajstić information content (AvgIpc) is 2.35. The van der Waals surface area contributed by atoms with Crippen molar-refractivity contribution in [2.24, 2.45) is 10.4 Å². The highest BCUT2D eigenvalue weighted by Crippen LogP contribution is 2.46. The number of carbonyl (C=O) groups excluding carboxylic acids is 1. The second-order valence-electron chi connectivity index (χ2n) is 5.60. The first kappa shape index (κ1) is 13.5. The van der Waals surface area contributed by atoms with Gasteiger partial charge in [-0.3, -0.25) is 9.79 Å². The van der Waals surface area contributed by atoms with Crippen LogP contribution in [0.2, 0.25) is 0 Å². The molecule has 1 aliphatic heterocycles. The van der Waals surface area contributed by atoms with E-state index in [1.165, 1.54) is 23.4 Å². The van der Waals surface area contributed by atoms with E-state index in [1.54, 1.807) is 33.9 Å². The van der Waals surface area contributed by atoms with E-state index in [1.807, 2.05) is 0 Å². The Bertz CT molecular complexity index is 568. The lowest BCUT2D eigenvalue weighted by Gasteiger charge is -2.45. The Morgan fingerprint density at radius 2 is 1.95 bits per heavy atom. The fourth-order valence-corrected chi connectivity index (χ4v) is 2.39. The molecule has 1 aliphatic rings. The van der Waals surface area contributed by atoms with Crippen molar-refractivity contribution in [1.82, 2.24) is 4.90 Å². The van der Waals surface area contributed by atoms with Crippen LogP contribution < -0.4 is 5.73 Å². The number of nitrogen functional groups attached to an aromatic ring is 1. The van der Waals surface area contributed by atoms with Gasteiger partial charge in [-0.2, -0.15) is 0 Å². The Morgan fingerprint density at radius 1 is 1.32 bits per heavy atom. The second kappa shape index (κ2) is 4.05. The molecule has 1 amide bonds. The molecule has 1 heterocycles. The van der Waals surface area contributed by atoms with Crippen molar-refractivity contribution in [3.8, 4) is 0 Å². The van der Waals surface area contributed by atoms with Gasteiger partial charge in [-0.15, -0.1) is 0 Å². The lowest BCUT2D eigenvalue weighted by Crippen LogP contribution is -2.53. The molecule has 102 valence electrons. The van der Waals surface area contributed by atoms with E-state index in [2.05, 4.69) is 4.99 Å². The van der Waals surface area contributed by atoms with Crippen molar-refractivity contribution in [2.75, 3.05) is 12.8 Å². The molecule has 5 heteroatoms. The standard InChI is InChI=1S/C14H18FN3O/c1-13(2)12(19)18(4)8-17-14(13,3)10-7-9(16)5-6-11(10)15/h5-8H,16H2,1-4H3/t14-/m1/s1. The van der Waals surface area contributed by atoms with Gasteiger partial charge in [0.15, 0.2) is 0 Å². The molecule has 0 fully saturated rings. The summed E-state index contributed by atoms with van der Waals surface area (Å²) in [6, 6.07) is 4.35. The predicted octanol–water partition coefficient (Wildman–Crippen LogP) is 2.15. The molecular weight excluding hydrogens is 245 g/mol. The summed E-state index contributed by atoms with van der Waals surface area (Å²) in [6.07, 6.45) is 1.44. The fourth-order valence-electron chi connectivity index (χ4n) is 2.39. The Labute approximate surface area is 112 Å². The van der Waals surface area contributed by atoms with Gasteiger partial charge in [0, 0.05) is 18.3 Å². The van der Waals surface area contributed by atoms with Gasteiger partial charge in [0.25, 0.3) is 0 Å². The summed E-state index contributed by atoms with van der Waals surface area (Å²) in [5.74, 6) is -0.508. The largest absolute Gasteiger partial charge is 0.399 e. The normalized spacial score (nSPS) is 25.7. The zero-order valence-electron chi connectivity index (χ0n) is 11.6. The molecule has 2 rings (SSSR count). The van der Waals surface area contributed by atoms with E-state index in [9.17, 15) is 9.18 Å². The second-order valence-corrected chi connectivity index (χ2v) is 5.60. The number of nitrogens with zero attached hydrogens (tertiary/aromatic N) is 2. The van der Waals surface area contributed by atoms with Crippen molar-refractivity contribution in [3.63, 3.8) is 0 Å². The van der Waals surface area contributed by atoms with Crippen LogP contribution in [0.25, 0.3) is 0 Å². The maximum Gasteiger partial charge on any atom is 0.235 e. The zero-order chi connectivity index (χ0) is 14.4. The molecule has 0 bridgehead atoms. The van der Waals surface area contributed by atoms with Crippen molar-refractivity contribution < 1.29 is 9.18 Å². The summed E-state index contributed by atoms with van der Waals surface area (Å²) in [7, 11) is 1.64. The van der Waals surface area contributed by atoms with Gasteiger partial charge in [-0.05, 0) is 39.0 Å². The quantitative estimate of drug-likeness (QED) is 0.789. The third-order valence-electron chi connectivity index (χ3n) is 4.08. The first-order valence-electron chi connectivity index (χ1n) is 6.08. The van der Waals surface area contributed by atoms with E-state index in [4.69, 9.17) is 5.73 Å². The third-order valence-corrected chi connectivity index (χ3v) is 4.08. The number of hydrogen-bond donors (Lipinski definition) is 1. The van der Waals surface area contributed by atoms with E-state index in [0.29, 0.717) is 11.3 Å². The molecule has 0 unspecified atom stereocenters. The number of carbonyl (C=O) groups is 1. The number of hydrogen-bond acceptors (Lipinski definition) is 3. The molecule has 0 radical (unpaired) electrons. The molecule has 1 atom stereocenters. The van der Waals surface area contributed by atoms with Gasteiger partial charge in [0.1, 0.15) is 11.4 Å². The number of amides is 1. The minimum absolute atomic E-state index is 0.105. The van der Waals surface area contributed by atoms with E-state index in [-0.39, 0.29) is 5.91 Å². The van der Waals surface area contributed by atoms with Crippen LogP contribution in [0.3, 0.4) is 0 Å². The van der Waals surface area contributed by atoms with E-state index in [0.717, 1.165) is 0 Å². The van der Waals surface area contributed by atoms with E-state index >= 15 is 0 Å². The lowest BCUT2D eigenvalue weighted by atomic mass is 9.68. The Hall–Kier alpha value is -1.91. The number of nitrogens with two attached hydrogens (primary N) is 1. The molecule has 1 aromatic rings. The molecule has 0 saturated carbocycles. The maximum absolute atomic E-state index is 14.1. The summed E-state index contributed by atoms with van der Waals surface area (Å²) < 4.78 is 14.1. The highest BCUT2D eigenvalue weighted by Gasteiger charge is 2.52. The van der Waals surface area contributed by atoms with Crippen molar-refractivity contribution in [2.45, 2.75) is 26.3 Å². The molecule has 0 aromatic heterocycles. The summed E-state index contributed by atoms with van der Waals surface area (Å²) in [5.41, 5.74) is 4.69. The van der Waals surface area contributed by atoms with Gasteiger partial charge >= 0.3 is 0 Å². The summed E-state index contributed by atoms with van der Waals surface area (Å²) in [5, 5.41) is 0. The molecule has 0 aliphatic carbocycles. The third kappa shape index (κ3) is 1.80. The Kier molecular flexibility index (Phi) is 2.88. The molecular formula is C14H18FN3O. The number of halogens is 1. The number of rotatable bonds is 1. The number of benzene rings is 1. The topological polar surface area (TPSA) is 58.7 Å². The minimum atomic E-state index is -0.976. The van der Waals surface area contributed by atoms with Crippen LogP contribution in [-0.2, 0) is 10.3 Å². The summed E-state index contributed by atoms with van der Waals surface area (Å²) in [6.45, 7) is 5.29. The highest BCUT2D eigenvalue weighted by molar-refractivity contribution is 5.94. The van der Waals surface area contributed by atoms with Crippen molar-refractivity contribution >= 4 is 17.9 Å². The van der Waals surface area contributed by atoms with Crippen LogP contribution >= 0.6 is 0 Å². The highest BCUT2D eigenvalue weighted by atomic mass is 19.1. The van der Waals surface area contributed by atoms with Gasteiger partial charge < -0.3 is 10.6 Å². The van der Waals surface area contributed by atoms with Crippen molar-refractivity contribution in [3.05, 3.63) is 29.6 Å². The Balaban J connectivity index is 2.68. The average molecular weight is 263 g/mol. The predicted molar refractivity (Wildman–Crippen MR) is 73.2 cm³/mol. The first-order chi connectivity index (χ1) is 8.70. The zero-order valence-corrected chi connectivity index (χ0v) is 11.6. The molecule has 1 aromatic carbocycles. The first-order valence-corrected chi connectivity index (χ1v) is 6.08. The van der Waals surface area contributed by atoms with Gasteiger partial charge in [-0.25, -0.2) is 4.39 Å². The van der Waals surface area contributed by atoms with Gasteiger partial charge in [0.05, 0.1) is 11.8 Å². The summed E-state index contributed by atoms with van der Waals surface area (Å²) in [4.78, 5) is 18.1. The van der Waals surface area contributed by atoms with Crippen LogP contribution in [0, 0.1) is 11.2 Å². The monoisotopic (exact) mass is 263 g/mol. The minimum Gasteiger partial charge on any atom is -0.399 e. The van der Waals surface area contributed by atoms with Gasteiger partial charge in [0.2, 0.25) is 5.91 Å². The van der Waals surface area contributed by atoms with Crippen LogP contribution in [0.4, 0.5) is 10.1 Å². The molecule has 0 spiro atoms. The molecule has 19 heavy (non-hydrogen) atoms. The maximum atomic E-state index is 14.1. The van der Waals surface area contributed by atoms with Crippen LogP contribution in [-0.4, -0.2) is 24.2 Å². The SMILES string of the molecule is CN1C=N[C@](C)(c2cc(N)ccc2F)C(C)(C)C1=O. The number of anilines is 1. The van der Waals surface area contributed by atoms with Crippen molar-refractivity contribution in [1.29, 1.82) is 0 Å². The Morgan fingerprint density at radius 3 is 2.58 bits per heavy atom. The fraction of sp³-hybridized carbons (Fsp3) is 0.429. The van der Waals surface area contributed by atoms with Gasteiger partial charge in [-0.1, -0.05) is 0 Å². The number of aliphatic imine (C=N–C) groups is 1. The molecule has 2 N–H and O–H groups in total. The van der Waals surface area contributed by atoms with Crippen LogP contribution in [0.1, 0.15) is 26.3 Å². The molecule has 0 saturated heterocycles. The smallest absolute Gasteiger partial charge is 0.235 e. The lowest BCUT2D eigenvalue weighted by molar-refractivity contribution is -0.140. The van der Waals surface area contributed by atoms with Crippen LogP contribution in [0.5, 0.6) is 0 Å². The summed E-state index contributed by atoms with van der Waals surface area (Å²) >= 11 is 0. The molecule has 4 nitrogen and oxygen atoms in total. The van der Waals surface area contributed by atoms with Crippen LogP contribution in [0.15, 0.2) is 23.2 Å². The van der Waals surface area contributed by atoms with E-state index < -0.39 is 16.8 Å².